The van der Waals surface area contributed by atoms with Gasteiger partial charge in [0.15, 0.2) is 5.44 Å². The molecule has 1 saturated carbocycles. The second kappa shape index (κ2) is 6.95. The first-order valence-electron chi connectivity index (χ1n) is 7.15. The first-order chi connectivity index (χ1) is 9.06. The highest BCUT2D eigenvalue weighted by Gasteiger charge is 2.33. The monoisotopic (exact) mass is 288 g/mol. The average Bonchev–Trinajstić information content (AvgIpc) is 2.75. The Bertz CT molecular complexity index is 308. The predicted molar refractivity (Wildman–Crippen MR) is 74.5 cm³/mol. The van der Waals surface area contributed by atoms with Crippen molar-refractivity contribution in [2.24, 2.45) is 17.8 Å². The average molecular weight is 288 g/mol. The van der Waals surface area contributed by atoms with E-state index in [1.54, 1.807) is 0 Å². The first-order valence-corrected chi connectivity index (χ1v) is 8.20. The molecular weight excluding hydrogens is 264 g/mol. The number of hydrogen-bond acceptors (Lipinski definition) is 5. The van der Waals surface area contributed by atoms with Crippen molar-refractivity contribution >= 4 is 17.7 Å². The Morgan fingerprint density at radius 1 is 1.42 bits per heavy atom. The fourth-order valence-electron chi connectivity index (χ4n) is 2.87. The molecule has 0 aromatic carbocycles. The molecule has 0 spiro atoms. The lowest BCUT2D eigenvalue weighted by Gasteiger charge is -2.36. The Labute approximate surface area is 119 Å². The van der Waals surface area contributed by atoms with Crippen LogP contribution in [0.2, 0.25) is 0 Å². The molecule has 4 atom stereocenters. The maximum absolute atomic E-state index is 11.0. The number of hydrogen-bond donors (Lipinski definition) is 0. The summed E-state index contributed by atoms with van der Waals surface area (Å²) in [6, 6.07) is 0. The van der Waals surface area contributed by atoms with E-state index in [4.69, 9.17) is 14.5 Å². The maximum Gasteiger partial charge on any atom is 0.317 e. The van der Waals surface area contributed by atoms with Gasteiger partial charge in [0.25, 0.3) is 0 Å². The molecule has 110 valence electrons. The van der Waals surface area contributed by atoms with Gasteiger partial charge in [-0.15, -0.1) is 11.8 Å². The molecule has 0 bridgehead atoms. The van der Waals surface area contributed by atoms with E-state index < -0.39 is 0 Å². The Morgan fingerprint density at radius 2 is 2.21 bits per heavy atom. The van der Waals surface area contributed by atoms with Gasteiger partial charge in [-0.25, -0.2) is 9.78 Å². The number of esters is 1. The van der Waals surface area contributed by atoms with Gasteiger partial charge in [0.05, 0.1) is 11.9 Å². The highest BCUT2D eigenvalue weighted by Crippen LogP contribution is 2.35. The molecule has 4 nitrogen and oxygen atoms in total. The number of rotatable bonds is 5. The standard InChI is InChI=1S/C14H24O4S/c1-9(2)11-5-4-10(3)6-12(11)18-16-7-14-17-13(15)8-19-14/h9-12,14H,4-8H2,1-3H3/t10-,11+,12?,14?/m1/s1. The second-order valence-corrected chi connectivity index (χ2v) is 7.12. The van der Waals surface area contributed by atoms with Gasteiger partial charge in [0.2, 0.25) is 0 Å². The van der Waals surface area contributed by atoms with Crippen molar-refractivity contribution in [3.05, 3.63) is 0 Å². The lowest BCUT2D eigenvalue weighted by molar-refractivity contribution is -0.345. The van der Waals surface area contributed by atoms with Gasteiger partial charge in [0.1, 0.15) is 6.61 Å². The number of thioether (sulfide) groups is 1. The van der Waals surface area contributed by atoms with E-state index in [1.807, 2.05) is 0 Å². The lowest BCUT2D eigenvalue weighted by atomic mass is 9.75. The maximum atomic E-state index is 11.0. The van der Waals surface area contributed by atoms with Crippen LogP contribution in [0.15, 0.2) is 0 Å². The molecule has 0 amide bonds. The van der Waals surface area contributed by atoms with E-state index >= 15 is 0 Å². The van der Waals surface area contributed by atoms with Crippen LogP contribution in [-0.4, -0.2) is 29.9 Å². The van der Waals surface area contributed by atoms with Crippen molar-refractivity contribution in [2.45, 2.75) is 51.6 Å². The van der Waals surface area contributed by atoms with Gasteiger partial charge in [0, 0.05) is 0 Å². The topological polar surface area (TPSA) is 44.8 Å². The zero-order valence-electron chi connectivity index (χ0n) is 12.0. The second-order valence-electron chi connectivity index (χ2n) is 5.98. The molecule has 1 saturated heterocycles. The fourth-order valence-corrected chi connectivity index (χ4v) is 3.58. The van der Waals surface area contributed by atoms with Crippen LogP contribution >= 0.6 is 11.8 Å². The number of carbonyl (C=O) groups is 1. The lowest BCUT2D eigenvalue weighted by Crippen LogP contribution is -2.34. The summed E-state index contributed by atoms with van der Waals surface area (Å²) in [6.07, 6.45) is 3.71. The van der Waals surface area contributed by atoms with Crippen molar-refractivity contribution in [2.75, 3.05) is 12.4 Å². The minimum Gasteiger partial charge on any atom is -0.448 e. The van der Waals surface area contributed by atoms with Crippen LogP contribution in [-0.2, 0) is 19.3 Å². The van der Waals surface area contributed by atoms with Crippen molar-refractivity contribution < 1.29 is 19.3 Å². The molecule has 19 heavy (non-hydrogen) atoms. The van der Waals surface area contributed by atoms with Crippen LogP contribution in [0.3, 0.4) is 0 Å². The van der Waals surface area contributed by atoms with Crippen LogP contribution in [0.5, 0.6) is 0 Å². The van der Waals surface area contributed by atoms with Crippen LogP contribution in [0.1, 0.15) is 40.0 Å². The van der Waals surface area contributed by atoms with E-state index in [-0.39, 0.29) is 17.5 Å². The third-order valence-electron chi connectivity index (χ3n) is 4.01. The van der Waals surface area contributed by atoms with Gasteiger partial charge >= 0.3 is 5.97 Å². The summed E-state index contributed by atoms with van der Waals surface area (Å²) in [5.41, 5.74) is -0.203. The summed E-state index contributed by atoms with van der Waals surface area (Å²) in [5.74, 6) is 2.13. The molecule has 0 radical (unpaired) electrons. The van der Waals surface area contributed by atoms with E-state index in [0.717, 1.165) is 6.42 Å². The van der Waals surface area contributed by atoms with E-state index in [9.17, 15) is 4.79 Å². The van der Waals surface area contributed by atoms with Crippen LogP contribution in [0.25, 0.3) is 0 Å². The van der Waals surface area contributed by atoms with Gasteiger partial charge in [-0.05, 0) is 30.6 Å². The highest BCUT2D eigenvalue weighted by atomic mass is 32.2. The minimum atomic E-state index is -0.203. The van der Waals surface area contributed by atoms with Gasteiger partial charge in [-0.1, -0.05) is 27.2 Å². The SMILES string of the molecule is CC(C)[C@@H]1CC[C@@H](C)CC1OOCC1OC(=O)CS1. The summed E-state index contributed by atoms with van der Waals surface area (Å²) in [4.78, 5) is 21.9. The summed E-state index contributed by atoms with van der Waals surface area (Å²) in [5, 5.41) is 0. The van der Waals surface area contributed by atoms with E-state index in [1.165, 1.54) is 24.6 Å². The van der Waals surface area contributed by atoms with Crippen LogP contribution in [0.4, 0.5) is 0 Å². The first kappa shape index (κ1) is 15.1. The van der Waals surface area contributed by atoms with E-state index in [0.29, 0.717) is 30.1 Å². The number of cyclic esters (lactones) is 1. The molecule has 1 aliphatic carbocycles. The largest absolute Gasteiger partial charge is 0.448 e. The molecule has 2 fully saturated rings. The van der Waals surface area contributed by atoms with E-state index in [2.05, 4.69) is 20.8 Å². The smallest absolute Gasteiger partial charge is 0.317 e. The fraction of sp³-hybridized carbons (Fsp3) is 0.929. The molecular formula is C14H24O4S. The normalized spacial score (nSPS) is 35.7. The molecule has 5 heteroatoms. The molecule has 0 N–H and O–H groups in total. The summed E-state index contributed by atoms with van der Waals surface area (Å²) in [6.45, 7) is 7.07. The molecule has 0 aromatic rings. The Kier molecular flexibility index (Phi) is 5.54. The third kappa shape index (κ3) is 4.36. The molecule has 1 heterocycles. The van der Waals surface area contributed by atoms with Crippen molar-refractivity contribution in [1.82, 2.24) is 0 Å². The third-order valence-corrected chi connectivity index (χ3v) is 5.01. The predicted octanol–water partition coefficient (Wildman–Crippen LogP) is 3.01. The van der Waals surface area contributed by atoms with Crippen molar-refractivity contribution in [3.8, 4) is 0 Å². The Balaban J connectivity index is 1.74. The summed E-state index contributed by atoms with van der Waals surface area (Å²) >= 11 is 1.47. The van der Waals surface area contributed by atoms with Gasteiger partial charge < -0.3 is 4.74 Å². The summed E-state index contributed by atoms with van der Waals surface area (Å²) < 4.78 is 5.07. The zero-order chi connectivity index (χ0) is 13.8. The number of ether oxygens (including phenoxy) is 1. The molecule has 2 rings (SSSR count). The molecule has 1 aliphatic heterocycles. The van der Waals surface area contributed by atoms with Gasteiger partial charge in [-0.3, -0.25) is 4.79 Å². The molecule has 2 aliphatic rings. The Hall–Kier alpha value is -0.260. The van der Waals surface area contributed by atoms with Crippen LogP contribution < -0.4 is 0 Å². The molecule has 0 aromatic heterocycles. The highest BCUT2D eigenvalue weighted by molar-refractivity contribution is 8.00. The number of carbonyl (C=O) groups excluding carboxylic acids is 1. The Morgan fingerprint density at radius 3 is 2.84 bits per heavy atom. The van der Waals surface area contributed by atoms with Crippen molar-refractivity contribution in [1.29, 1.82) is 0 Å². The zero-order valence-corrected chi connectivity index (χ0v) is 12.8. The molecule has 2 unspecified atom stereocenters. The van der Waals surface area contributed by atoms with Crippen LogP contribution in [0, 0.1) is 17.8 Å². The summed E-state index contributed by atoms with van der Waals surface area (Å²) in [7, 11) is 0. The quantitative estimate of drug-likeness (QED) is 0.442. The minimum absolute atomic E-state index is 0.162. The van der Waals surface area contributed by atoms with Gasteiger partial charge in [-0.2, -0.15) is 0 Å². The van der Waals surface area contributed by atoms with Crippen molar-refractivity contribution in [3.63, 3.8) is 0 Å².